The maximum Gasteiger partial charge on any atom is 0.416 e. The van der Waals surface area contributed by atoms with E-state index in [0.29, 0.717) is 18.3 Å². The summed E-state index contributed by atoms with van der Waals surface area (Å²) in [5.41, 5.74) is -0.413. The Morgan fingerprint density at radius 3 is 2.33 bits per heavy atom. The number of aryl methyl sites for hydroxylation is 1. The fraction of sp³-hybridized carbons (Fsp3) is 0.500. The van der Waals surface area contributed by atoms with Crippen LogP contribution in [0.4, 0.5) is 13.2 Å². The van der Waals surface area contributed by atoms with E-state index >= 15 is 0 Å². The minimum atomic E-state index is -4.50. The first-order chi connectivity index (χ1) is 13.5. The lowest BCUT2D eigenvalue weighted by Crippen LogP contribution is -2.36. The lowest BCUT2D eigenvalue weighted by Gasteiger charge is -2.23. The first kappa shape index (κ1) is 26.1. The number of aromatic nitrogens is 1. The molecule has 0 saturated heterocycles. The number of benzene rings is 1. The summed E-state index contributed by atoms with van der Waals surface area (Å²) in [7, 11) is 1.54. The molecule has 0 saturated carbocycles. The molecule has 30 heavy (non-hydrogen) atoms. The van der Waals surface area contributed by atoms with Crippen LogP contribution in [-0.4, -0.2) is 23.8 Å². The fourth-order valence-corrected chi connectivity index (χ4v) is 2.57. The molecule has 0 radical (unpaired) electrons. The quantitative estimate of drug-likeness (QED) is 0.310. The lowest BCUT2D eigenvalue weighted by atomic mass is 10.1. The summed E-state index contributed by atoms with van der Waals surface area (Å²) < 4.78 is 51.3. The summed E-state index contributed by atoms with van der Waals surface area (Å²) in [6.07, 6.45) is -3.74. The second-order valence-electron chi connectivity index (χ2n) is 7.45. The molecular formula is C20H28F3IN4O2. The van der Waals surface area contributed by atoms with Crippen molar-refractivity contribution in [3.05, 3.63) is 46.8 Å². The van der Waals surface area contributed by atoms with Gasteiger partial charge in [-0.2, -0.15) is 13.2 Å². The van der Waals surface area contributed by atoms with Crippen LogP contribution in [0.5, 0.6) is 5.75 Å². The monoisotopic (exact) mass is 540 g/mol. The van der Waals surface area contributed by atoms with Gasteiger partial charge in [-0.15, -0.1) is 24.0 Å². The van der Waals surface area contributed by atoms with Crippen molar-refractivity contribution in [1.29, 1.82) is 0 Å². The average molecular weight is 540 g/mol. The van der Waals surface area contributed by atoms with Gasteiger partial charge in [0, 0.05) is 19.7 Å². The number of ether oxygens (including phenoxy) is 1. The van der Waals surface area contributed by atoms with E-state index in [0.717, 1.165) is 18.2 Å². The minimum absolute atomic E-state index is 0. The molecule has 0 bridgehead atoms. The first-order valence-corrected chi connectivity index (χ1v) is 9.30. The topological polar surface area (TPSA) is 71.7 Å². The average Bonchev–Trinajstić information content (AvgIpc) is 3.08. The molecule has 168 valence electrons. The van der Waals surface area contributed by atoms with E-state index < -0.39 is 17.3 Å². The van der Waals surface area contributed by atoms with Crippen LogP contribution in [0.2, 0.25) is 0 Å². The molecule has 0 aliphatic carbocycles. The zero-order chi connectivity index (χ0) is 21.7. The van der Waals surface area contributed by atoms with E-state index in [2.05, 4.69) is 20.8 Å². The Hall–Kier alpha value is -1.98. The number of rotatable bonds is 6. The van der Waals surface area contributed by atoms with Crippen molar-refractivity contribution in [2.24, 2.45) is 4.99 Å². The van der Waals surface area contributed by atoms with Gasteiger partial charge < -0.3 is 19.9 Å². The SMILES string of the molecule is CCc1cc(CNC(=NC)NCc2ccc(OC(C)(C)C)cc2C(F)(F)F)on1.I. The Labute approximate surface area is 191 Å². The predicted molar refractivity (Wildman–Crippen MR) is 120 cm³/mol. The van der Waals surface area contributed by atoms with Crippen LogP contribution < -0.4 is 15.4 Å². The number of hydrogen-bond acceptors (Lipinski definition) is 4. The van der Waals surface area contributed by atoms with Gasteiger partial charge in [-0.1, -0.05) is 18.1 Å². The summed E-state index contributed by atoms with van der Waals surface area (Å²) in [5.74, 6) is 1.14. The van der Waals surface area contributed by atoms with Crippen molar-refractivity contribution in [1.82, 2.24) is 15.8 Å². The van der Waals surface area contributed by atoms with Crippen molar-refractivity contribution in [3.63, 3.8) is 0 Å². The number of guanidine groups is 1. The van der Waals surface area contributed by atoms with Crippen molar-refractivity contribution >= 4 is 29.9 Å². The van der Waals surface area contributed by atoms with Crippen LogP contribution >= 0.6 is 24.0 Å². The lowest BCUT2D eigenvalue weighted by molar-refractivity contribution is -0.138. The van der Waals surface area contributed by atoms with Crippen molar-refractivity contribution in [3.8, 4) is 5.75 Å². The third kappa shape index (κ3) is 8.04. The van der Waals surface area contributed by atoms with E-state index in [1.165, 1.54) is 19.2 Å². The number of alkyl halides is 3. The number of halogens is 4. The van der Waals surface area contributed by atoms with Gasteiger partial charge in [0.05, 0.1) is 17.8 Å². The number of nitrogens with zero attached hydrogens (tertiary/aromatic N) is 2. The molecule has 0 unspecified atom stereocenters. The highest BCUT2D eigenvalue weighted by Gasteiger charge is 2.34. The molecular weight excluding hydrogens is 512 g/mol. The van der Waals surface area contributed by atoms with Gasteiger partial charge in [-0.3, -0.25) is 4.99 Å². The molecule has 1 heterocycles. The molecule has 0 atom stereocenters. The Morgan fingerprint density at radius 1 is 1.13 bits per heavy atom. The van der Waals surface area contributed by atoms with E-state index in [1.807, 2.05) is 13.0 Å². The molecule has 1 aromatic carbocycles. The van der Waals surface area contributed by atoms with Crippen molar-refractivity contribution < 1.29 is 22.4 Å². The van der Waals surface area contributed by atoms with E-state index in [-0.39, 0.29) is 41.8 Å². The molecule has 0 spiro atoms. The zero-order valence-corrected chi connectivity index (χ0v) is 20.0. The molecule has 10 heteroatoms. The van der Waals surface area contributed by atoms with Crippen LogP contribution in [0.25, 0.3) is 0 Å². The molecule has 0 amide bonds. The molecule has 6 nitrogen and oxygen atoms in total. The maximum atomic E-state index is 13.5. The first-order valence-electron chi connectivity index (χ1n) is 9.30. The Kier molecular flexibility index (Phi) is 9.44. The molecule has 0 fully saturated rings. The van der Waals surface area contributed by atoms with Crippen molar-refractivity contribution in [2.75, 3.05) is 7.05 Å². The Balaban J connectivity index is 0.00000450. The van der Waals surface area contributed by atoms with E-state index in [4.69, 9.17) is 9.26 Å². The maximum absolute atomic E-state index is 13.5. The number of hydrogen-bond donors (Lipinski definition) is 2. The van der Waals surface area contributed by atoms with Gasteiger partial charge in [0.15, 0.2) is 11.7 Å². The molecule has 2 aromatic rings. The predicted octanol–water partition coefficient (Wildman–Crippen LogP) is 4.92. The second-order valence-corrected chi connectivity index (χ2v) is 7.45. The summed E-state index contributed by atoms with van der Waals surface area (Å²) in [6.45, 7) is 7.57. The highest BCUT2D eigenvalue weighted by Crippen LogP contribution is 2.35. The van der Waals surface area contributed by atoms with E-state index in [1.54, 1.807) is 20.8 Å². The molecule has 1 aromatic heterocycles. The standard InChI is InChI=1S/C20H27F3N4O2.HI/c1-6-14-9-16(29-27-14)12-26-18(24-5)25-11-13-7-8-15(28-19(2,3)4)10-17(13)20(21,22)23;/h7-10H,6,11-12H2,1-5H3,(H2,24,25,26);1H. The zero-order valence-electron chi connectivity index (χ0n) is 17.7. The Morgan fingerprint density at radius 2 is 1.80 bits per heavy atom. The number of aliphatic imine (C=N–C) groups is 1. The molecule has 0 aliphatic heterocycles. The summed E-state index contributed by atoms with van der Waals surface area (Å²) in [6, 6.07) is 5.79. The van der Waals surface area contributed by atoms with Crippen LogP contribution in [-0.2, 0) is 25.7 Å². The summed E-state index contributed by atoms with van der Waals surface area (Å²) >= 11 is 0. The van der Waals surface area contributed by atoms with Gasteiger partial charge in [-0.05, 0) is 44.9 Å². The highest BCUT2D eigenvalue weighted by atomic mass is 127. The Bertz CT molecular complexity index is 845. The minimum Gasteiger partial charge on any atom is -0.488 e. The van der Waals surface area contributed by atoms with Gasteiger partial charge >= 0.3 is 6.18 Å². The number of nitrogens with one attached hydrogen (secondary N) is 2. The fourth-order valence-electron chi connectivity index (χ4n) is 2.57. The van der Waals surface area contributed by atoms with Gasteiger partial charge in [-0.25, -0.2) is 0 Å². The molecule has 0 aliphatic rings. The van der Waals surface area contributed by atoms with Crippen LogP contribution in [0.1, 0.15) is 50.3 Å². The van der Waals surface area contributed by atoms with Gasteiger partial charge in [0.2, 0.25) is 0 Å². The van der Waals surface area contributed by atoms with E-state index in [9.17, 15) is 13.2 Å². The molecule has 2 N–H and O–H groups in total. The second kappa shape index (κ2) is 10.9. The van der Waals surface area contributed by atoms with Gasteiger partial charge in [0.1, 0.15) is 11.4 Å². The van der Waals surface area contributed by atoms with Crippen molar-refractivity contribution in [2.45, 2.75) is 59.0 Å². The van der Waals surface area contributed by atoms with Crippen LogP contribution in [0.3, 0.4) is 0 Å². The third-order valence-corrected chi connectivity index (χ3v) is 3.88. The third-order valence-electron chi connectivity index (χ3n) is 3.88. The summed E-state index contributed by atoms with van der Waals surface area (Å²) in [5, 5.41) is 9.78. The molecule has 2 rings (SSSR count). The summed E-state index contributed by atoms with van der Waals surface area (Å²) in [4.78, 5) is 4.03. The largest absolute Gasteiger partial charge is 0.488 e. The normalized spacial score (nSPS) is 12.3. The smallest absolute Gasteiger partial charge is 0.416 e. The van der Waals surface area contributed by atoms with Crippen LogP contribution in [0, 0.1) is 0 Å². The van der Waals surface area contributed by atoms with Gasteiger partial charge in [0.25, 0.3) is 0 Å². The highest BCUT2D eigenvalue weighted by molar-refractivity contribution is 14.0. The van der Waals surface area contributed by atoms with Crippen LogP contribution in [0.15, 0.2) is 33.8 Å².